The Morgan fingerprint density at radius 2 is 1.86 bits per heavy atom. The molecule has 0 saturated carbocycles. The summed E-state index contributed by atoms with van der Waals surface area (Å²) in [5.74, 6) is -0.429. The van der Waals surface area contributed by atoms with Gasteiger partial charge < -0.3 is 10.2 Å². The van der Waals surface area contributed by atoms with Crippen molar-refractivity contribution in [1.82, 2.24) is 10.3 Å². The molecular formula is C16H12N4OS. The zero-order valence-corrected chi connectivity index (χ0v) is 12.4. The van der Waals surface area contributed by atoms with E-state index >= 15 is 0 Å². The van der Waals surface area contributed by atoms with Crippen molar-refractivity contribution in [2.24, 2.45) is 0 Å². The summed E-state index contributed by atoms with van der Waals surface area (Å²) in [6.45, 7) is 0. The number of carbonyl (C=O) groups excluding carboxylic acids is 1. The van der Waals surface area contributed by atoms with Crippen LogP contribution in [-0.2, 0) is 4.79 Å². The molecule has 2 heterocycles. The molecule has 0 spiro atoms. The summed E-state index contributed by atoms with van der Waals surface area (Å²) >= 11 is 4.42. The third kappa shape index (κ3) is 2.43. The van der Waals surface area contributed by atoms with Gasteiger partial charge in [0.15, 0.2) is 0 Å². The fourth-order valence-corrected chi connectivity index (χ4v) is 2.73. The van der Waals surface area contributed by atoms with Crippen LogP contribution in [0.4, 0.5) is 5.69 Å². The van der Waals surface area contributed by atoms with Crippen LogP contribution in [0.5, 0.6) is 0 Å². The van der Waals surface area contributed by atoms with E-state index in [1.54, 1.807) is 12.4 Å². The Hall–Kier alpha value is -2.78. The average molecular weight is 308 g/mol. The van der Waals surface area contributed by atoms with Gasteiger partial charge in [-0.2, -0.15) is 5.26 Å². The SMILES string of the molecule is N#CC1=C(S)N(c2ccccc2)[C@H](c2ccncc2)NC1=O. The zero-order valence-electron chi connectivity index (χ0n) is 11.5. The number of aromatic nitrogens is 1. The molecule has 2 aromatic rings. The van der Waals surface area contributed by atoms with Gasteiger partial charge in [-0.05, 0) is 29.8 Å². The number of para-hydroxylation sites is 1. The van der Waals surface area contributed by atoms with Crippen LogP contribution in [0.1, 0.15) is 11.7 Å². The number of carbonyl (C=O) groups is 1. The van der Waals surface area contributed by atoms with E-state index in [0.717, 1.165) is 11.3 Å². The number of nitrogens with zero attached hydrogens (tertiary/aromatic N) is 3. The molecular weight excluding hydrogens is 296 g/mol. The van der Waals surface area contributed by atoms with Gasteiger partial charge in [-0.25, -0.2) is 0 Å². The molecule has 0 saturated heterocycles. The standard InChI is InChI=1S/C16H12N4OS/c17-10-13-15(21)19-14(11-6-8-18-9-7-11)20(16(13)22)12-4-2-1-3-5-12/h1-9,14,22H,(H,19,21)/t14-/m1/s1. The predicted octanol–water partition coefficient (Wildman–Crippen LogP) is 2.38. The number of hydrogen-bond acceptors (Lipinski definition) is 5. The van der Waals surface area contributed by atoms with Crippen LogP contribution in [0.2, 0.25) is 0 Å². The lowest BCUT2D eigenvalue weighted by Gasteiger charge is -2.37. The number of pyridine rings is 1. The number of hydrogen-bond donors (Lipinski definition) is 2. The van der Waals surface area contributed by atoms with Gasteiger partial charge in [0.25, 0.3) is 5.91 Å². The summed E-state index contributed by atoms with van der Waals surface area (Å²) in [6.07, 6.45) is 2.88. The number of nitriles is 1. The minimum Gasteiger partial charge on any atom is -0.327 e. The van der Waals surface area contributed by atoms with Gasteiger partial charge in [0, 0.05) is 18.1 Å². The minimum atomic E-state index is -0.442. The number of anilines is 1. The molecule has 1 N–H and O–H groups in total. The second-order valence-corrected chi connectivity index (χ2v) is 5.10. The molecule has 22 heavy (non-hydrogen) atoms. The number of benzene rings is 1. The van der Waals surface area contributed by atoms with E-state index in [1.165, 1.54) is 0 Å². The molecule has 6 heteroatoms. The molecule has 1 aromatic carbocycles. The highest BCUT2D eigenvalue weighted by molar-refractivity contribution is 7.84. The van der Waals surface area contributed by atoms with E-state index in [4.69, 9.17) is 0 Å². The van der Waals surface area contributed by atoms with Gasteiger partial charge in [0.1, 0.15) is 17.8 Å². The normalized spacial score (nSPS) is 17.9. The second kappa shape index (κ2) is 5.92. The van der Waals surface area contributed by atoms with Crippen LogP contribution in [0.3, 0.4) is 0 Å². The molecule has 0 fully saturated rings. The number of nitrogens with one attached hydrogen (secondary N) is 1. The summed E-state index contributed by atoms with van der Waals surface area (Å²) in [4.78, 5) is 17.9. The first kappa shape index (κ1) is 14.2. The maximum atomic E-state index is 12.1. The third-order valence-electron chi connectivity index (χ3n) is 3.37. The Labute approximate surface area is 133 Å². The Kier molecular flexibility index (Phi) is 3.81. The lowest BCUT2D eigenvalue weighted by molar-refractivity contribution is -0.118. The van der Waals surface area contributed by atoms with Crippen molar-refractivity contribution in [3.05, 3.63) is 71.0 Å². The van der Waals surface area contributed by atoms with Crippen molar-refractivity contribution in [1.29, 1.82) is 5.26 Å². The number of rotatable bonds is 2. The van der Waals surface area contributed by atoms with Crippen LogP contribution >= 0.6 is 12.6 Å². The molecule has 1 aliphatic heterocycles. The van der Waals surface area contributed by atoms with Gasteiger partial charge in [-0.1, -0.05) is 18.2 Å². The maximum Gasteiger partial charge on any atom is 0.266 e. The Balaban J connectivity index is 2.15. The van der Waals surface area contributed by atoms with E-state index in [-0.39, 0.29) is 5.57 Å². The Bertz CT molecular complexity index is 768. The number of thiol groups is 1. The summed E-state index contributed by atoms with van der Waals surface area (Å²) in [6, 6.07) is 15.0. The Morgan fingerprint density at radius 3 is 2.50 bits per heavy atom. The average Bonchev–Trinajstić information content (AvgIpc) is 2.56. The van der Waals surface area contributed by atoms with Gasteiger partial charge >= 0.3 is 0 Å². The van der Waals surface area contributed by atoms with Crippen LogP contribution in [0.15, 0.2) is 65.5 Å². The van der Waals surface area contributed by atoms with Gasteiger partial charge in [-0.3, -0.25) is 9.78 Å². The highest BCUT2D eigenvalue weighted by Crippen LogP contribution is 2.35. The lowest BCUT2D eigenvalue weighted by atomic mass is 10.1. The molecule has 0 unspecified atom stereocenters. The van der Waals surface area contributed by atoms with Gasteiger partial charge in [0.2, 0.25) is 0 Å². The predicted molar refractivity (Wildman–Crippen MR) is 85.7 cm³/mol. The van der Waals surface area contributed by atoms with E-state index in [1.807, 2.05) is 53.4 Å². The van der Waals surface area contributed by atoms with Crippen molar-refractivity contribution in [3.8, 4) is 6.07 Å². The summed E-state index contributed by atoms with van der Waals surface area (Å²) in [7, 11) is 0. The van der Waals surface area contributed by atoms with Crippen LogP contribution in [0, 0.1) is 11.3 Å². The van der Waals surface area contributed by atoms with Crippen molar-refractivity contribution in [2.45, 2.75) is 6.17 Å². The molecule has 108 valence electrons. The monoisotopic (exact) mass is 308 g/mol. The fraction of sp³-hybridized carbons (Fsp3) is 0.0625. The fourth-order valence-electron chi connectivity index (χ4n) is 2.34. The van der Waals surface area contributed by atoms with E-state index in [2.05, 4.69) is 22.9 Å². The highest BCUT2D eigenvalue weighted by atomic mass is 32.1. The van der Waals surface area contributed by atoms with Crippen molar-refractivity contribution in [2.75, 3.05) is 4.90 Å². The first-order chi connectivity index (χ1) is 10.7. The van der Waals surface area contributed by atoms with Crippen LogP contribution < -0.4 is 10.2 Å². The molecule has 0 radical (unpaired) electrons. The highest BCUT2D eigenvalue weighted by Gasteiger charge is 2.33. The van der Waals surface area contributed by atoms with E-state index in [0.29, 0.717) is 5.03 Å². The quantitative estimate of drug-likeness (QED) is 0.836. The summed E-state index contributed by atoms with van der Waals surface area (Å²) in [5, 5.41) is 12.4. The van der Waals surface area contributed by atoms with E-state index in [9.17, 15) is 10.1 Å². The first-order valence-corrected chi connectivity index (χ1v) is 7.05. The van der Waals surface area contributed by atoms with Gasteiger partial charge in [-0.15, -0.1) is 12.6 Å². The zero-order chi connectivity index (χ0) is 15.5. The first-order valence-electron chi connectivity index (χ1n) is 6.61. The molecule has 0 aliphatic carbocycles. The summed E-state index contributed by atoms with van der Waals surface area (Å²) in [5.41, 5.74) is 1.69. The smallest absolute Gasteiger partial charge is 0.266 e. The van der Waals surface area contributed by atoms with Crippen molar-refractivity contribution < 1.29 is 4.79 Å². The topological polar surface area (TPSA) is 69.0 Å². The second-order valence-electron chi connectivity index (χ2n) is 4.67. The van der Waals surface area contributed by atoms with Crippen LogP contribution in [0.25, 0.3) is 0 Å². The molecule has 1 atom stereocenters. The van der Waals surface area contributed by atoms with Crippen molar-refractivity contribution >= 4 is 24.2 Å². The molecule has 5 nitrogen and oxygen atoms in total. The summed E-state index contributed by atoms with van der Waals surface area (Å²) < 4.78 is 0. The van der Waals surface area contributed by atoms with Crippen LogP contribution in [-0.4, -0.2) is 10.9 Å². The molecule has 3 rings (SSSR count). The minimum absolute atomic E-state index is 0.00232. The molecule has 1 aliphatic rings. The lowest BCUT2D eigenvalue weighted by Crippen LogP contribution is -2.46. The van der Waals surface area contributed by atoms with Gasteiger partial charge in [0.05, 0.1) is 5.03 Å². The molecule has 0 bridgehead atoms. The maximum absolute atomic E-state index is 12.1. The third-order valence-corrected chi connectivity index (χ3v) is 3.81. The van der Waals surface area contributed by atoms with Crippen molar-refractivity contribution in [3.63, 3.8) is 0 Å². The van der Waals surface area contributed by atoms with E-state index < -0.39 is 12.1 Å². The molecule has 1 aromatic heterocycles. The number of amides is 1. The Morgan fingerprint density at radius 1 is 1.18 bits per heavy atom. The molecule has 1 amide bonds. The largest absolute Gasteiger partial charge is 0.327 e.